The molecule has 1 aromatic carbocycles. The monoisotopic (exact) mass is 570 g/mol. The summed E-state index contributed by atoms with van der Waals surface area (Å²) < 4.78 is 12.4. The van der Waals surface area contributed by atoms with Crippen LogP contribution in [0.15, 0.2) is 36.4 Å². The number of piperazine rings is 1. The lowest BCUT2D eigenvalue weighted by Crippen LogP contribution is -2.56. The van der Waals surface area contributed by atoms with Gasteiger partial charge in [0.25, 0.3) is 11.8 Å². The first-order valence-electron chi connectivity index (χ1n) is 13.5. The van der Waals surface area contributed by atoms with E-state index in [2.05, 4.69) is 10.4 Å². The van der Waals surface area contributed by atoms with Gasteiger partial charge in [0.1, 0.15) is 6.04 Å². The number of nitrogens with two attached hydrogens (primary N) is 1. The maximum absolute atomic E-state index is 13.4. The summed E-state index contributed by atoms with van der Waals surface area (Å²) in [5, 5.41) is 16.2. The van der Waals surface area contributed by atoms with E-state index in [1.54, 1.807) is 31.2 Å². The van der Waals surface area contributed by atoms with Gasteiger partial charge in [0.05, 0.1) is 12.3 Å². The lowest BCUT2D eigenvalue weighted by atomic mass is 9.79. The molecule has 0 unspecified atom stereocenters. The van der Waals surface area contributed by atoms with Gasteiger partial charge >= 0.3 is 12.1 Å². The lowest BCUT2D eigenvalue weighted by Gasteiger charge is -2.38. The third kappa shape index (κ3) is 6.76. The number of aromatic nitrogens is 2. The maximum Gasteiger partial charge on any atom is 0.409 e. The van der Waals surface area contributed by atoms with Gasteiger partial charge in [0.15, 0.2) is 11.3 Å². The van der Waals surface area contributed by atoms with Crippen molar-refractivity contribution in [3.8, 4) is 11.6 Å². The molecule has 14 nitrogen and oxygen atoms in total. The highest BCUT2D eigenvalue weighted by atomic mass is 16.6. The molecule has 0 spiro atoms. The summed E-state index contributed by atoms with van der Waals surface area (Å²) in [5.41, 5.74) is 4.88. The zero-order chi connectivity index (χ0) is 29.6. The first kappa shape index (κ1) is 29.4. The van der Waals surface area contributed by atoms with E-state index in [1.165, 1.54) is 20.5 Å². The number of para-hydroxylation sites is 1. The van der Waals surface area contributed by atoms with E-state index < -0.39 is 41.4 Å². The number of amides is 4. The second-order valence-corrected chi connectivity index (χ2v) is 9.90. The van der Waals surface area contributed by atoms with Crippen LogP contribution in [0.1, 0.15) is 49.5 Å². The molecule has 1 atom stereocenters. The van der Waals surface area contributed by atoms with Crippen LogP contribution in [0.25, 0.3) is 5.69 Å². The van der Waals surface area contributed by atoms with Crippen LogP contribution in [0.4, 0.5) is 4.79 Å². The molecule has 0 bridgehead atoms. The average molecular weight is 571 g/mol. The van der Waals surface area contributed by atoms with Crippen molar-refractivity contribution >= 4 is 29.8 Å². The van der Waals surface area contributed by atoms with Crippen molar-refractivity contribution in [2.45, 2.75) is 50.7 Å². The van der Waals surface area contributed by atoms with E-state index in [9.17, 15) is 29.1 Å². The summed E-state index contributed by atoms with van der Waals surface area (Å²) in [6.07, 6.45) is 0.649. The average Bonchev–Trinajstić information content (AvgIpc) is 3.37. The summed E-state index contributed by atoms with van der Waals surface area (Å²) in [4.78, 5) is 65.1. The number of primary amides is 1. The Balaban J connectivity index is 1.53. The van der Waals surface area contributed by atoms with Crippen LogP contribution < -0.4 is 15.8 Å². The van der Waals surface area contributed by atoms with Crippen LogP contribution in [0.5, 0.6) is 5.88 Å². The summed E-state index contributed by atoms with van der Waals surface area (Å²) in [7, 11) is 0. The summed E-state index contributed by atoms with van der Waals surface area (Å²) in [6, 6.07) is 9.06. The van der Waals surface area contributed by atoms with Gasteiger partial charge in [-0.2, -0.15) is 5.10 Å². The Labute approximate surface area is 236 Å². The van der Waals surface area contributed by atoms with E-state index >= 15 is 0 Å². The zero-order valence-corrected chi connectivity index (χ0v) is 22.8. The summed E-state index contributed by atoms with van der Waals surface area (Å²) >= 11 is 0. The minimum absolute atomic E-state index is 0.0944. The zero-order valence-electron chi connectivity index (χ0n) is 22.8. The molecular formula is C27H34N6O8. The van der Waals surface area contributed by atoms with Gasteiger partial charge in [-0.1, -0.05) is 18.2 Å². The SMILES string of the molecule is CCOC(=O)N1CCN(C(=O)[C@H](CCC(=O)O)NC(=O)c2cc(OC3(C(N)=O)CCC3)n(-c3ccccc3)n2)CC1. The van der Waals surface area contributed by atoms with Gasteiger partial charge in [-0.3, -0.25) is 19.2 Å². The number of hydrogen-bond acceptors (Lipinski definition) is 8. The lowest BCUT2D eigenvalue weighted by molar-refractivity contribution is -0.141. The molecule has 2 aliphatic rings. The first-order chi connectivity index (χ1) is 19.6. The van der Waals surface area contributed by atoms with Gasteiger partial charge < -0.3 is 35.4 Å². The Kier molecular flexibility index (Phi) is 9.10. The van der Waals surface area contributed by atoms with Crippen LogP contribution in [0.2, 0.25) is 0 Å². The van der Waals surface area contributed by atoms with Crippen molar-refractivity contribution in [1.82, 2.24) is 24.9 Å². The molecular weight excluding hydrogens is 536 g/mol. The molecule has 1 aromatic heterocycles. The number of carboxylic acid groups (broad SMARTS) is 1. The van der Waals surface area contributed by atoms with E-state index in [0.717, 1.165) is 6.42 Å². The number of nitrogens with zero attached hydrogens (tertiary/aromatic N) is 4. The van der Waals surface area contributed by atoms with Crippen LogP contribution in [-0.4, -0.2) is 98.9 Å². The molecule has 4 amide bonds. The van der Waals surface area contributed by atoms with Crippen molar-refractivity contribution in [3.05, 3.63) is 42.1 Å². The summed E-state index contributed by atoms with van der Waals surface area (Å²) in [5.74, 6) is -2.80. The Hall–Kier alpha value is -4.62. The second-order valence-electron chi connectivity index (χ2n) is 9.90. The van der Waals surface area contributed by atoms with Gasteiger partial charge in [0, 0.05) is 38.7 Å². The van der Waals surface area contributed by atoms with Crippen molar-refractivity contribution in [2.24, 2.45) is 5.73 Å². The Morgan fingerprint density at radius 3 is 2.29 bits per heavy atom. The van der Waals surface area contributed by atoms with Crippen LogP contribution in [0, 0.1) is 0 Å². The largest absolute Gasteiger partial charge is 0.481 e. The number of benzene rings is 1. The van der Waals surface area contributed by atoms with Gasteiger partial charge in [-0.25, -0.2) is 9.48 Å². The predicted octanol–water partition coefficient (Wildman–Crippen LogP) is 0.923. The molecule has 1 saturated carbocycles. The van der Waals surface area contributed by atoms with E-state index in [-0.39, 0.29) is 57.2 Å². The van der Waals surface area contributed by atoms with E-state index in [0.29, 0.717) is 18.5 Å². The Morgan fingerprint density at radius 1 is 1.07 bits per heavy atom. The quantitative estimate of drug-likeness (QED) is 0.353. The standard InChI is InChI=1S/C27H34N6O8/c1-2-40-26(39)32-15-13-31(14-16-32)24(37)19(9-10-22(34)35)29-23(36)20-17-21(41-27(25(28)38)11-6-12-27)33(30-20)18-7-4-3-5-8-18/h3-5,7-8,17,19H,2,6,9-16H2,1H3,(H2,28,38)(H,29,36)(H,34,35)/t19-/m0/s1. The van der Waals surface area contributed by atoms with E-state index in [1.807, 2.05) is 6.07 Å². The van der Waals surface area contributed by atoms with Gasteiger partial charge in [-0.05, 0) is 44.7 Å². The molecule has 0 radical (unpaired) electrons. The van der Waals surface area contributed by atoms with Crippen LogP contribution in [-0.2, 0) is 19.1 Å². The highest BCUT2D eigenvalue weighted by molar-refractivity contribution is 5.96. The third-order valence-corrected chi connectivity index (χ3v) is 7.19. The minimum Gasteiger partial charge on any atom is -0.481 e. The Morgan fingerprint density at radius 2 is 1.73 bits per heavy atom. The molecule has 2 aromatic rings. The van der Waals surface area contributed by atoms with Crippen LogP contribution >= 0.6 is 0 Å². The van der Waals surface area contributed by atoms with Crippen molar-refractivity contribution in [2.75, 3.05) is 32.8 Å². The minimum atomic E-state index is -1.20. The molecule has 1 aliphatic heterocycles. The molecule has 4 N–H and O–H groups in total. The normalized spacial score (nSPS) is 16.7. The number of carbonyl (C=O) groups is 5. The van der Waals surface area contributed by atoms with Gasteiger partial charge in [-0.15, -0.1) is 0 Å². The van der Waals surface area contributed by atoms with E-state index in [4.69, 9.17) is 15.2 Å². The third-order valence-electron chi connectivity index (χ3n) is 7.19. The number of carboxylic acids is 1. The molecule has 4 rings (SSSR count). The first-order valence-corrected chi connectivity index (χ1v) is 13.5. The molecule has 220 valence electrons. The molecule has 41 heavy (non-hydrogen) atoms. The number of carbonyl (C=O) groups excluding carboxylic acids is 4. The molecule has 2 fully saturated rings. The number of nitrogens with one attached hydrogen (secondary N) is 1. The number of ether oxygens (including phenoxy) is 2. The number of rotatable bonds is 11. The highest BCUT2D eigenvalue weighted by Crippen LogP contribution is 2.37. The fourth-order valence-electron chi connectivity index (χ4n) is 4.70. The number of hydrogen-bond donors (Lipinski definition) is 3. The fourth-order valence-corrected chi connectivity index (χ4v) is 4.70. The summed E-state index contributed by atoms with van der Waals surface area (Å²) in [6.45, 7) is 2.83. The maximum atomic E-state index is 13.4. The highest BCUT2D eigenvalue weighted by Gasteiger charge is 2.46. The fraction of sp³-hybridized carbons (Fsp3) is 0.481. The van der Waals surface area contributed by atoms with Crippen molar-refractivity contribution in [3.63, 3.8) is 0 Å². The predicted molar refractivity (Wildman–Crippen MR) is 143 cm³/mol. The topological polar surface area (TPSA) is 186 Å². The molecule has 2 heterocycles. The number of aliphatic carboxylic acids is 1. The smallest absolute Gasteiger partial charge is 0.409 e. The molecule has 14 heteroatoms. The van der Waals surface area contributed by atoms with Crippen LogP contribution in [0.3, 0.4) is 0 Å². The second kappa shape index (κ2) is 12.7. The molecule has 1 saturated heterocycles. The van der Waals surface area contributed by atoms with Crippen molar-refractivity contribution < 1.29 is 38.6 Å². The molecule has 1 aliphatic carbocycles. The Bertz CT molecular complexity index is 1280. The van der Waals surface area contributed by atoms with Gasteiger partial charge in [0.2, 0.25) is 11.8 Å². The van der Waals surface area contributed by atoms with Crippen molar-refractivity contribution in [1.29, 1.82) is 0 Å².